The van der Waals surface area contributed by atoms with Crippen LogP contribution in [0, 0.1) is 12.7 Å². The summed E-state index contributed by atoms with van der Waals surface area (Å²) in [5.74, 6) is -0.450. The second-order valence-electron chi connectivity index (χ2n) is 9.32. The lowest BCUT2D eigenvalue weighted by Gasteiger charge is -2.25. The number of carbonyl (C=O) groups excluding carboxylic acids is 1. The average molecular weight is 528 g/mol. The third kappa shape index (κ3) is 4.63. The molecule has 0 bridgehead atoms. The molecule has 5 rings (SSSR count). The Balaban J connectivity index is 1.42. The zero-order valence-corrected chi connectivity index (χ0v) is 20.9. The fourth-order valence-corrected chi connectivity index (χ4v) is 6.35. The molecule has 3 aromatic rings. The smallest absolute Gasteiger partial charge is 0.326 e. The Morgan fingerprint density at radius 1 is 1.14 bits per heavy atom. The summed E-state index contributed by atoms with van der Waals surface area (Å²) in [6.45, 7) is 2.04. The predicted octanol–water partition coefficient (Wildman–Crippen LogP) is 3.80. The predicted molar refractivity (Wildman–Crippen MR) is 138 cm³/mol. The van der Waals surface area contributed by atoms with Crippen LogP contribution in [0.15, 0.2) is 44.3 Å². The van der Waals surface area contributed by atoms with Gasteiger partial charge in [0.15, 0.2) is 5.82 Å². The Morgan fingerprint density at radius 2 is 1.92 bits per heavy atom. The maximum atomic E-state index is 15.4. The molecular formula is C26H26FN3O6S. The van der Waals surface area contributed by atoms with Crippen LogP contribution in [-0.2, 0) is 4.79 Å². The van der Waals surface area contributed by atoms with E-state index in [0.29, 0.717) is 18.6 Å². The van der Waals surface area contributed by atoms with Crippen LogP contribution < -0.4 is 21.5 Å². The van der Waals surface area contributed by atoms with E-state index in [-0.39, 0.29) is 40.5 Å². The van der Waals surface area contributed by atoms with Crippen LogP contribution in [-0.4, -0.2) is 45.5 Å². The number of amides is 1. The summed E-state index contributed by atoms with van der Waals surface area (Å²) in [6.07, 6.45) is 2.74. The fourth-order valence-electron chi connectivity index (χ4n) is 4.99. The molecule has 37 heavy (non-hydrogen) atoms. The van der Waals surface area contributed by atoms with Gasteiger partial charge in [-0.15, -0.1) is 0 Å². The van der Waals surface area contributed by atoms with Crippen molar-refractivity contribution >= 4 is 40.7 Å². The van der Waals surface area contributed by atoms with Crippen molar-refractivity contribution in [3.05, 3.63) is 73.7 Å². The zero-order chi connectivity index (χ0) is 26.3. The number of benzene rings is 1. The number of carbonyl (C=O) groups is 2. The van der Waals surface area contributed by atoms with Crippen molar-refractivity contribution in [2.75, 3.05) is 22.9 Å². The van der Waals surface area contributed by atoms with Gasteiger partial charge in [0.1, 0.15) is 28.9 Å². The van der Waals surface area contributed by atoms with Gasteiger partial charge in [-0.25, -0.2) is 9.18 Å². The van der Waals surface area contributed by atoms with E-state index in [9.17, 15) is 24.3 Å². The minimum atomic E-state index is -1.14. The van der Waals surface area contributed by atoms with Crippen LogP contribution in [0.4, 0.5) is 21.5 Å². The van der Waals surface area contributed by atoms with E-state index < -0.39 is 34.6 Å². The molecule has 9 nitrogen and oxygen atoms in total. The Kier molecular flexibility index (Phi) is 6.80. The second-order valence-corrected chi connectivity index (χ2v) is 10.7. The molecule has 0 unspecified atom stereocenters. The number of nitrogens with one attached hydrogen (secondary N) is 2. The number of aliphatic carboxylic acids is 1. The summed E-state index contributed by atoms with van der Waals surface area (Å²) in [6, 6.07) is 6.36. The Hall–Kier alpha value is -3.60. The largest absolute Gasteiger partial charge is 0.480 e. The van der Waals surface area contributed by atoms with Gasteiger partial charge in [0.25, 0.3) is 16.8 Å². The van der Waals surface area contributed by atoms with Gasteiger partial charge in [0.05, 0.1) is 17.3 Å². The molecule has 1 amide bonds. The number of carboxylic acid groups (broad SMARTS) is 1. The molecule has 2 fully saturated rings. The van der Waals surface area contributed by atoms with Crippen molar-refractivity contribution in [2.24, 2.45) is 0 Å². The van der Waals surface area contributed by atoms with Gasteiger partial charge in [-0.1, -0.05) is 6.07 Å². The monoisotopic (exact) mass is 527 g/mol. The van der Waals surface area contributed by atoms with Crippen molar-refractivity contribution in [1.82, 2.24) is 4.90 Å². The number of hydrogen-bond acceptors (Lipinski definition) is 8. The number of likely N-dealkylation sites (tertiary alicyclic amines) is 1. The van der Waals surface area contributed by atoms with Gasteiger partial charge in [0, 0.05) is 11.8 Å². The van der Waals surface area contributed by atoms with Crippen LogP contribution in [0.2, 0.25) is 0 Å². The number of carboxylic acids is 1. The Morgan fingerprint density at radius 3 is 2.59 bits per heavy atom. The Labute approximate surface area is 215 Å². The summed E-state index contributed by atoms with van der Waals surface area (Å²) in [5, 5.41) is 15.4. The number of anilines is 3. The summed E-state index contributed by atoms with van der Waals surface area (Å²) < 4.78 is 21.3. The normalized spacial score (nSPS) is 20.3. The van der Waals surface area contributed by atoms with Crippen molar-refractivity contribution < 1.29 is 23.5 Å². The van der Waals surface area contributed by atoms with Crippen molar-refractivity contribution in [1.29, 1.82) is 0 Å². The summed E-state index contributed by atoms with van der Waals surface area (Å²) in [7, 11) is 0. The van der Waals surface area contributed by atoms with Crippen LogP contribution in [0.3, 0.4) is 0 Å². The molecule has 2 aliphatic rings. The third-order valence-corrected chi connectivity index (χ3v) is 8.36. The van der Waals surface area contributed by atoms with Crippen LogP contribution in [0.5, 0.6) is 0 Å². The van der Waals surface area contributed by atoms with Gasteiger partial charge in [-0.2, -0.15) is 11.8 Å². The van der Waals surface area contributed by atoms with E-state index >= 15 is 4.39 Å². The van der Waals surface area contributed by atoms with E-state index in [1.165, 1.54) is 18.2 Å². The number of nitrogens with zero attached hydrogens (tertiary/aromatic N) is 1. The quantitative estimate of drug-likeness (QED) is 0.375. The number of aryl methyl sites for hydroxylation is 1. The summed E-state index contributed by atoms with van der Waals surface area (Å²) >= 11 is 1.75. The van der Waals surface area contributed by atoms with E-state index in [2.05, 4.69) is 10.6 Å². The molecule has 2 aromatic carbocycles. The van der Waals surface area contributed by atoms with Gasteiger partial charge < -0.3 is 25.1 Å². The topological polar surface area (TPSA) is 129 Å². The lowest BCUT2D eigenvalue weighted by atomic mass is 10.0. The van der Waals surface area contributed by atoms with E-state index in [1.54, 1.807) is 11.8 Å². The highest BCUT2D eigenvalue weighted by Gasteiger charge is 2.36. The lowest BCUT2D eigenvalue weighted by Crippen LogP contribution is -2.41. The second kappa shape index (κ2) is 10.0. The lowest BCUT2D eigenvalue weighted by molar-refractivity contribution is -0.141. The number of furan rings is 1. The molecule has 11 heteroatoms. The number of rotatable bonds is 8. The maximum Gasteiger partial charge on any atom is 0.326 e. The highest BCUT2D eigenvalue weighted by molar-refractivity contribution is 8.00. The van der Waals surface area contributed by atoms with Gasteiger partial charge >= 0.3 is 5.97 Å². The SMILES string of the molecule is Cc1ccc([C@@H](Nc2c(Nc3cccc(C(=O)N4CCC[C@H]4C(=O)O)c3F)c(=O)c2=O)[C@@H]2CCCS2)o1. The molecule has 3 heterocycles. The third-order valence-electron chi connectivity index (χ3n) is 6.90. The fraction of sp³-hybridized carbons (Fsp3) is 0.385. The first-order valence-electron chi connectivity index (χ1n) is 12.1. The summed E-state index contributed by atoms with van der Waals surface area (Å²) in [5.41, 5.74) is -2.02. The van der Waals surface area contributed by atoms with E-state index in [0.717, 1.165) is 29.3 Å². The van der Waals surface area contributed by atoms with E-state index in [1.807, 2.05) is 19.1 Å². The minimum Gasteiger partial charge on any atom is -0.480 e. The van der Waals surface area contributed by atoms with Crippen molar-refractivity contribution in [2.45, 2.75) is 49.9 Å². The van der Waals surface area contributed by atoms with Crippen LogP contribution in [0.25, 0.3) is 0 Å². The zero-order valence-electron chi connectivity index (χ0n) is 20.1. The van der Waals surface area contributed by atoms with Gasteiger partial charge in [0.2, 0.25) is 0 Å². The molecule has 3 atom stereocenters. The molecule has 3 N–H and O–H groups in total. The molecule has 0 saturated carbocycles. The Bertz CT molecular complexity index is 1420. The molecule has 1 aromatic heterocycles. The number of thioether (sulfide) groups is 1. The van der Waals surface area contributed by atoms with Crippen molar-refractivity contribution in [3.8, 4) is 0 Å². The summed E-state index contributed by atoms with van der Waals surface area (Å²) in [4.78, 5) is 50.6. The molecule has 0 aliphatic carbocycles. The average Bonchev–Trinajstić information content (AvgIpc) is 3.66. The number of halogens is 1. The highest BCUT2D eigenvalue weighted by atomic mass is 32.2. The molecule has 0 radical (unpaired) electrons. The molecule has 2 saturated heterocycles. The first-order valence-corrected chi connectivity index (χ1v) is 13.2. The maximum absolute atomic E-state index is 15.4. The number of hydrogen-bond donors (Lipinski definition) is 3. The van der Waals surface area contributed by atoms with Gasteiger partial charge in [-0.3, -0.25) is 14.4 Å². The molecular weight excluding hydrogens is 501 g/mol. The van der Waals surface area contributed by atoms with Crippen LogP contribution >= 0.6 is 11.8 Å². The minimum absolute atomic E-state index is 0.0400. The first kappa shape index (κ1) is 25.1. The standard InChI is InChI=1S/C26H26FN3O6S/c1-13-9-10-17(36-13)20(18-8-4-12-37-18)29-22-21(23(31)24(22)32)28-15-6-2-5-14(19(15)27)25(33)30-11-3-7-16(30)26(34)35/h2,5-6,9-10,16,18,20,28-29H,3-4,7-8,11-12H2,1H3,(H,34,35)/t16-,18-,20+/m0/s1. The molecule has 2 aliphatic heterocycles. The van der Waals surface area contributed by atoms with Crippen LogP contribution in [0.1, 0.15) is 53.6 Å². The molecule has 194 valence electrons. The van der Waals surface area contributed by atoms with E-state index in [4.69, 9.17) is 4.42 Å². The first-order chi connectivity index (χ1) is 17.8. The van der Waals surface area contributed by atoms with Gasteiger partial charge in [-0.05, 0) is 62.6 Å². The van der Waals surface area contributed by atoms with Crippen molar-refractivity contribution in [3.63, 3.8) is 0 Å². The highest BCUT2D eigenvalue weighted by Crippen LogP contribution is 2.39. The molecule has 0 spiro atoms.